The van der Waals surface area contributed by atoms with Gasteiger partial charge in [0.2, 0.25) is 0 Å². The molecule has 120 valence electrons. The number of nitrogens with zero attached hydrogens (tertiary/aromatic N) is 1. The minimum atomic E-state index is -0.445. The van der Waals surface area contributed by atoms with Crippen molar-refractivity contribution in [1.82, 2.24) is 4.90 Å². The van der Waals surface area contributed by atoms with E-state index in [-0.39, 0.29) is 11.5 Å². The Hall–Kier alpha value is -1.96. The van der Waals surface area contributed by atoms with Gasteiger partial charge in [-0.25, -0.2) is 0 Å². The van der Waals surface area contributed by atoms with Crippen LogP contribution in [0.25, 0.3) is 0 Å². The molecule has 1 spiro atoms. The topological polar surface area (TPSA) is 41.9 Å². The first kappa shape index (κ1) is 14.6. The summed E-state index contributed by atoms with van der Waals surface area (Å²) in [5.41, 5.74) is 2.29. The van der Waals surface area contributed by atoms with Crippen LogP contribution in [0.15, 0.2) is 24.3 Å². The van der Waals surface area contributed by atoms with Crippen LogP contribution in [0.4, 0.5) is 0 Å². The van der Waals surface area contributed by atoms with Crippen molar-refractivity contribution < 1.29 is 14.6 Å². The van der Waals surface area contributed by atoms with Gasteiger partial charge in [-0.3, -0.25) is 4.90 Å². The molecule has 0 aromatic heterocycles. The average Bonchev–Trinajstić information content (AvgIpc) is 2.79. The van der Waals surface area contributed by atoms with Crippen molar-refractivity contribution in [2.75, 3.05) is 20.2 Å². The van der Waals surface area contributed by atoms with Crippen molar-refractivity contribution in [2.24, 2.45) is 0 Å². The average molecular weight is 311 g/mol. The highest BCUT2D eigenvalue weighted by Crippen LogP contribution is 2.55. The number of hydrogen-bond donors (Lipinski definition) is 1. The molecule has 0 bridgehead atoms. The van der Waals surface area contributed by atoms with E-state index in [0.717, 1.165) is 31.0 Å². The lowest BCUT2D eigenvalue weighted by Crippen LogP contribution is -2.43. The van der Waals surface area contributed by atoms with E-state index in [4.69, 9.17) is 15.9 Å². The zero-order valence-corrected chi connectivity index (χ0v) is 13.3. The summed E-state index contributed by atoms with van der Waals surface area (Å²) >= 11 is 0. The highest BCUT2D eigenvalue weighted by molar-refractivity contribution is 5.61. The zero-order chi connectivity index (χ0) is 16.0. The molecule has 4 rings (SSSR count). The van der Waals surface area contributed by atoms with Crippen LogP contribution in [-0.2, 0) is 12.0 Å². The summed E-state index contributed by atoms with van der Waals surface area (Å²) in [5, 5.41) is 10.0. The number of benzene rings is 1. The first-order valence-corrected chi connectivity index (χ1v) is 8.08. The van der Waals surface area contributed by atoms with Crippen molar-refractivity contribution in [1.29, 1.82) is 0 Å². The van der Waals surface area contributed by atoms with E-state index in [1.165, 1.54) is 11.1 Å². The van der Waals surface area contributed by atoms with E-state index in [9.17, 15) is 5.11 Å². The first-order valence-electron chi connectivity index (χ1n) is 8.08. The summed E-state index contributed by atoms with van der Waals surface area (Å²) in [6.45, 7) is 2.39. The lowest BCUT2D eigenvalue weighted by molar-refractivity contribution is 0.0816. The molecule has 23 heavy (non-hydrogen) atoms. The van der Waals surface area contributed by atoms with Crippen LogP contribution < -0.4 is 9.47 Å². The fourth-order valence-corrected chi connectivity index (χ4v) is 4.26. The smallest absolute Gasteiger partial charge is 0.166 e. The van der Waals surface area contributed by atoms with Crippen LogP contribution in [0.5, 0.6) is 11.5 Å². The monoisotopic (exact) mass is 311 g/mol. The van der Waals surface area contributed by atoms with Gasteiger partial charge in [0.1, 0.15) is 6.10 Å². The van der Waals surface area contributed by atoms with Crippen LogP contribution in [0.3, 0.4) is 0 Å². The summed E-state index contributed by atoms with van der Waals surface area (Å²) in [6, 6.07) is 4.09. The number of ether oxygens (including phenoxy) is 2. The maximum Gasteiger partial charge on any atom is 0.166 e. The molecule has 0 amide bonds. The van der Waals surface area contributed by atoms with Gasteiger partial charge < -0.3 is 14.6 Å². The molecule has 1 aliphatic carbocycles. The molecular formula is C19H21NO3. The molecule has 1 N–H and O–H groups in total. The number of aliphatic hydroxyl groups is 1. The molecule has 0 fully saturated rings. The predicted octanol–water partition coefficient (Wildman–Crippen LogP) is 1.85. The summed E-state index contributed by atoms with van der Waals surface area (Å²) in [6.07, 6.45) is 10.6. The van der Waals surface area contributed by atoms with Crippen molar-refractivity contribution in [2.45, 2.75) is 37.0 Å². The van der Waals surface area contributed by atoms with Gasteiger partial charge in [-0.2, -0.15) is 0 Å². The maximum atomic E-state index is 10.0. The molecule has 4 nitrogen and oxygen atoms in total. The minimum absolute atomic E-state index is 0.0432. The molecule has 2 unspecified atom stereocenters. The third-order valence-corrected chi connectivity index (χ3v) is 5.35. The van der Waals surface area contributed by atoms with E-state index in [0.29, 0.717) is 13.0 Å². The van der Waals surface area contributed by atoms with Crippen molar-refractivity contribution >= 4 is 0 Å². The predicted molar refractivity (Wildman–Crippen MR) is 87.6 cm³/mol. The van der Waals surface area contributed by atoms with Gasteiger partial charge >= 0.3 is 0 Å². The van der Waals surface area contributed by atoms with E-state index < -0.39 is 6.10 Å². The molecule has 2 heterocycles. The van der Waals surface area contributed by atoms with Gasteiger partial charge in [0.15, 0.2) is 11.5 Å². The second-order valence-electron chi connectivity index (χ2n) is 6.60. The molecule has 4 heteroatoms. The molecule has 1 aromatic carbocycles. The molecular weight excluding hydrogens is 290 g/mol. The van der Waals surface area contributed by atoms with Gasteiger partial charge in [0, 0.05) is 25.1 Å². The Bertz CT molecular complexity index is 705. The standard InChI is InChI=1S/C19H21NO3/c1-3-9-20-10-8-19-7-6-14(21)11-16(19)23-18-15(22-2)5-4-13(12-20)17(18)19/h1,4-7,14,16,21H,8-12H2,2H3/t14?,16-,19?/m1/s1. The highest BCUT2D eigenvalue weighted by Gasteiger charge is 2.52. The Balaban J connectivity index is 1.89. The van der Waals surface area contributed by atoms with Crippen LogP contribution in [0.2, 0.25) is 0 Å². The highest BCUT2D eigenvalue weighted by atomic mass is 16.5. The number of rotatable bonds is 2. The van der Waals surface area contributed by atoms with E-state index in [1.807, 2.05) is 12.1 Å². The molecule has 3 atom stereocenters. The molecule has 0 radical (unpaired) electrons. The Morgan fingerprint density at radius 2 is 2.39 bits per heavy atom. The molecule has 2 aliphatic heterocycles. The van der Waals surface area contributed by atoms with E-state index >= 15 is 0 Å². The van der Waals surface area contributed by atoms with E-state index in [2.05, 4.69) is 23.0 Å². The summed E-state index contributed by atoms with van der Waals surface area (Å²) in [7, 11) is 1.67. The normalized spacial score (nSPS) is 31.5. The first-order chi connectivity index (χ1) is 11.2. The van der Waals surface area contributed by atoms with Crippen molar-refractivity contribution in [3.8, 4) is 23.8 Å². The molecule has 3 aliphatic rings. The third-order valence-electron chi connectivity index (χ3n) is 5.35. The molecule has 0 saturated carbocycles. The number of terminal acetylenes is 1. The van der Waals surface area contributed by atoms with Crippen molar-refractivity contribution in [3.63, 3.8) is 0 Å². The lowest BCUT2D eigenvalue weighted by Gasteiger charge is -2.35. The Morgan fingerprint density at radius 3 is 3.17 bits per heavy atom. The maximum absolute atomic E-state index is 10.0. The fourth-order valence-electron chi connectivity index (χ4n) is 4.26. The number of methoxy groups -OCH3 is 1. The Morgan fingerprint density at radius 1 is 1.52 bits per heavy atom. The van der Waals surface area contributed by atoms with Crippen LogP contribution >= 0.6 is 0 Å². The Labute approximate surface area is 136 Å². The van der Waals surface area contributed by atoms with Gasteiger partial charge in [-0.05, 0) is 18.1 Å². The third kappa shape index (κ3) is 2.08. The Kier molecular flexibility index (Phi) is 3.37. The second kappa shape index (κ2) is 5.30. The quantitative estimate of drug-likeness (QED) is 0.669. The number of aliphatic hydroxyl groups excluding tert-OH is 1. The lowest BCUT2D eigenvalue weighted by atomic mass is 9.69. The van der Waals surface area contributed by atoms with Crippen LogP contribution in [0, 0.1) is 12.3 Å². The van der Waals surface area contributed by atoms with Crippen LogP contribution in [0.1, 0.15) is 24.0 Å². The SMILES string of the molecule is C#CCN1CCC23C=CC(O)C[C@H]2Oc2c(OC)ccc(c23)C1. The van der Waals surface area contributed by atoms with Crippen LogP contribution in [-0.4, -0.2) is 42.4 Å². The minimum Gasteiger partial charge on any atom is -0.493 e. The van der Waals surface area contributed by atoms with Gasteiger partial charge in [0.25, 0.3) is 0 Å². The second-order valence-corrected chi connectivity index (χ2v) is 6.60. The summed E-state index contributed by atoms with van der Waals surface area (Å²) in [4.78, 5) is 2.30. The van der Waals surface area contributed by atoms with Gasteiger partial charge in [0.05, 0.1) is 25.2 Å². The fraction of sp³-hybridized carbons (Fsp3) is 0.474. The number of hydrogen-bond acceptors (Lipinski definition) is 4. The van der Waals surface area contributed by atoms with Crippen molar-refractivity contribution in [3.05, 3.63) is 35.4 Å². The van der Waals surface area contributed by atoms with Gasteiger partial charge in [-0.1, -0.05) is 24.1 Å². The molecule has 1 aromatic rings. The molecule has 0 saturated heterocycles. The van der Waals surface area contributed by atoms with Gasteiger partial charge in [-0.15, -0.1) is 6.42 Å². The summed E-state index contributed by atoms with van der Waals surface area (Å²) < 4.78 is 11.8. The largest absolute Gasteiger partial charge is 0.493 e. The summed E-state index contributed by atoms with van der Waals surface area (Å²) in [5.74, 6) is 4.37. The zero-order valence-electron chi connectivity index (χ0n) is 13.3. The van der Waals surface area contributed by atoms with E-state index in [1.54, 1.807) is 7.11 Å².